The minimum absolute atomic E-state index is 0.0657. The van der Waals surface area contributed by atoms with Crippen LogP contribution < -0.4 is 10.1 Å². The highest BCUT2D eigenvalue weighted by Crippen LogP contribution is 2.29. The lowest BCUT2D eigenvalue weighted by atomic mass is 10.3. The molecule has 0 saturated heterocycles. The summed E-state index contributed by atoms with van der Waals surface area (Å²) < 4.78 is 28.3. The monoisotopic (exact) mass is 265 g/mol. The molecule has 0 aliphatic heterocycles. The number of carbonyl (C=O) groups excluding carboxylic acids is 1. The number of alkyl halides is 2. The summed E-state index contributed by atoms with van der Waals surface area (Å²) in [5.41, 5.74) is 0. The molecule has 0 bridgehead atoms. The number of halogens is 2. The van der Waals surface area contributed by atoms with E-state index in [0.29, 0.717) is 4.88 Å². The number of hydrogen-bond acceptors (Lipinski definition) is 4. The third kappa shape index (κ3) is 3.99. The molecule has 1 aromatic heterocycles. The fourth-order valence-corrected chi connectivity index (χ4v) is 1.93. The van der Waals surface area contributed by atoms with E-state index < -0.39 is 25.0 Å². The number of aliphatic carboxylic acids is 1. The first-order chi connectivity index (χ1) is 7.90. The molecule has 1 heterocycles. The molecule has 0 spiro atoms. The maximum atomic E-state index is 12.0. The molecule has 94 valence electrons. The van der Waals surface area contributed by atoms with E-state index in [9.17, 15) is 18.4 Å². The van der Waals surface area contributed by atoms with E-state index in [1.807, 2.05) is 0 Å². The zero-order valence-electron chi connectivity index (χ0n) is 8.70. The molecule has 0 radical (unpaired) electrons. The second-order valence-electron chi connectivity index (χ2n) is 3.01. The van der Waals surface area contributed by atoms with Crippen molar-refractivity contribution < 1.29 is 28.2 Å². The molecule has 0 aliphatic rings. The molecule has 0 fully saturated rings. The van der Waals surface area contributed by atoms with E-state index >= 15 is 0 Å². The van der Waals surface area contributed by atoms with E-state index in [-0.39, 0.29) is 10.6 Å². The Hall–Kier alpha value is -1.70. The molecular formula is C9H9F2NO4S. The van der Waals surface area contributed by atoms with Crippen LogP contribution in [0.4, 0.5) is 8.78 Å². The van der Waals surface area contributed by atoms with E-state index in [0.717, 1.165) is 11.3 Å². The van der Waals surface area contributed by atoms with E-state index in [4.69, 9.17) is 5.11 Å². The molecule has 5 nitrogen and oxygen atoms in total. The van der Waals surface area contributed by atoms with Gasteiger partial charge in [0.25, 0.3) is 5.91 Å². The molecule has 0 aromatic carbocycles. The van der Waals surface area contributed by atoms with Crippen molar-refractivity contribution in [2.45, 2.75) is 13.5 Å². The number of aryl methyl sites for hydroxylation is 1. The van der Waals surface area contributed by atoms with Crippen LogP contribution in [0.15, 0.2) is 6.07 Å². The molecule has 0 unspecified atom stereocenters. The van der Waals surface area contributed by atoms with E-state index in [1.165, 1.54) is 6.07 Å². The fraction of sp³-hybridized carbons (Fsp3) is 0.333. The molecule has 0 aliphatic carbocycles. The van der Waals surface area contributed by atoms with Crippen molar-refractivity contribution >= 4 is 23.2 Å². The molecule has 0 atom stereocenters. The lowest BCUT2D eigenvalue weighted by Gasteiger charge is -2.05. The second-order valence-corrected chi connectivity index (χ2v) is 4.26. The van der Waals surface area contributed by atoms with Crippen molar-refractivity contribution in [1.82, 2.24) is 5.32 Å². The minimum Gasteiger partial charge on any atom is -0.480 e. The van der Waals surface area contributed by atoms with E-state index in [2.05, 4.69) is 10.1 Å². The van der Waals surface area contributed by atoms with Crippen LogP contribution in [0.2, 0.25) is 0 Å². The summed E-state index contributed by atoms with van der Waals surface area (Å²) in [6.45, 7) is -1.99. The second kappa shape index (κ2) is 5.58. The lowest BCUT2D eigenvalue weighted by Crippen LogP contribution is -2.29. The zero-order valence-corrected chi connectivity index (χ0v) is 9.51. The van der Waals surface area contributed by atoms with Gasteiger partial charge in [0.15, 0.2) is 0 Å². The molecule has 0 saturated carbocycles. The SMILES string of the molecule is Cc1cc(OC(F)F)c(C(=O)NCC(=O)O)s1. The van der Waals surface area contributed by atoms with Crippen molar-refractivity contribution in [3.63, 3.8) is 0 Å². The smallest absolute Gasteiger partial charge is 0.387 e. The van der Waals surface area contributed by atoms with Gasteiger partial charge in [-0.3, -0.25) is 9.59 Å². The first kappa shape index (κ1) is 13.4. The highest BCUT2D eigenvalue weighted by Gasteiger charge is 2.19. The van der Waals surface area contributed by atoms with E-state index in [1.54, 1.807) is 6.92 Å². The number of amides is 1. The van der Waals surface area contributed by atoms with Crippen molar-refractivity contribution in [3.8, 4) is 5.75 Å². The first-order valence-corrected chi connectivity index (χ1v) is 5.27. The summed E-state index contributed by atoms with van der Waals surface area (Å²) in [6, 6.07) is 1.30. The highest BCUT2D eigenvalue weighted by molar-refractivity contribution is 7.14. The lowest BCUT2D eigenvalue weighted by molar-refractivity contribution is -0.135. The van der Waals surface area contributed by atoms with Crippen LogP contribution in [0.1, 0.15) is 14.5 Å². The molecular weight excluding hydrogens is 256 g/mol. The largest absolute Gasteiger partial charge is 0.480 e. The number of carboxylic acid groups (broad SMARTS) is 1. The first-order valence-electron chi connectivity index (χ1n) is 4.45. The average molecular weight is 265 g/mol. The van der Waals surface area contributed by atoms with Crippen LogP contribution in [0.25, 0.3) is 0 Å². The standard InChI is InChI=1S/C9H9F2NO4S/c1-4-2-5(16-9(10)11)7(17-4)8(15)12-3-6(13)14/h2,9H,3H2,1H3,(H,12,15)(H,13,14). The predicted molar refractivity (Wildman–Crippen MR) is 55.7 cm³/mol. The van der Waals surface area contributed by atoms with Crippen LogP contribution in [0, 0.1) is 6.92 Å². The zero-order chi connectivity index (χ0) is 13.0. The highest BCUT2D eigenvalue weighted by atomic mass is 32.1. The summed E-state index contributed by atoms with van der Waals surface area (Å²) in [4.78, 5) is 22.3. The molecule has 8 heteroatoms. The van der Waals surface area contributed by atoms with Crippen molar-refractivity contribution in [2.75, 3.05) is 6.54 Å². The van der Waals surface area contributed by atoms with Crippen LogP contribution in [-0.2, 0) is 4.79 Å². The molecule has 2 N–H and O–H groups in total. The fourth-order valence-electron chi connectivity index (χ4n) is 1.07. The normalized spacial score (nSPS) is 10.4. The van der Waals surface area contributed by atoms with Crippen LogP contribution in [0.3, 0.4) is 0 Å². The molecule has 1 aromatic rings. The quantitative estimate of drug-likeness (QED) is 0.845. The van der Waals surface area contributed by atoms with Gasteiger partial charge in [-0.25, -0.2) is 0 Å². The average Bonchev–Trinajstić information content (AvgIpc) is 2.54. The Bertz CT molecular complexity index is 433. The molecule has 17 heavy (non-hydrogen) atoms. The van der Waals surface area contributed by atoms with Gasteiger partial charge in [-0.15, -0.1) is 11.3 Å². The number of thiophene rings is 1. The number of carbonyl (C=O) groups is 2. The molecule has 1 rings (SSSR count). The van der Waals surface area contributed by atoms with Gasteiger partial charge in [0.2, 0.25) is 0 Å². The maximum Gasteiger partial charge on any atom is 0.387 e. The summed E-state index contributed by atoms with van der Waals surface area (Å²) >= 11 is 0.953. The topological polar surface area (TPSA) is 75.6 Å². The third-order valence-corrected chi connectivity index (χ3v) is 2.67. The number of hydrogen-bond donors (Lipinski definition) is 2. The number of ether oxygens (including phenoxy) is 1. The summed E-state index contributed by atoms with van der Waals surface area (Å²) in [5.74, 6) is -2.21. The van der Waals surface area contributed by atoms with Crippen LogP contribution >= 0.6 is 11.3 Å². The Morgan fingerprint density at radius 2 is 2.24 bits per heavy atom. The minimum atomic E-state index is -3.03. The Kier molecular flexibility index (Phi) is 4.38. The Labute approximate surface area is 99.0 Å². The Morgan fingerprint density at radius 1 is 1.59 bits per heavy atom. The van der Waals surface area contributed by atoms with Crippen molar-refractivity contribution in [2.24, 2.45) is 0 Å². The van der Waals surface area contributed by atoms with Gasteiger partial charge in [0, 0.05) is 4.88 Å². The Morgan fingerprint density at radius 3 is 2.76 bits per heavy atom. The van der Waals surface area contributed by atoms with Gasteiger partial charge in [0.1, 0.15) is 17.2 Å². The van der Waals surface area contributed by atoms with Gasteiger partial charge in [-0.2, -0.15) is 8.78 Å². The number of carboxylic acids is 1. The Balaban J connectivity index is 2.81. The number of nitrogens with one attached hydrogen (secondary N) is 1. The van der Waals surface area contributed by atoms with Gasteiger partial charge in [-0.05, 0) is 13.0 Å². The third-order valence-electron chi connectivity index (χ3n) is 1.64. The summed E-state index contributed by atoms with van der Waals surface area (Å²) in [6.07, 6.45) is 0. The van der Waals surface area contributed by atoms with Gasteiger partial charge < -0.3 is 15.2 Å². The van der Waals surface area contributed by atoms with Gasteiger partial charge in [-0.1, -0.05) is 0 Å². The van der Waals surface area contributed by atoms with Gasteiger partial charge in [0.05, 0.1) is 0 Å². The van der Waals surface area contributed by atoms with Crippen LogP contribution in [-0.4, -0.2) is 30.1 Å². The predicted octanol–water partition coefficient (Wildman–Crippen LogP) is 1.47. The van der Waals surface area contributed by atoms with Crippen molar-refractivity contribution in [1.29, 1.82) is 0 Å². The summed E-state index contributed by atoms with van der Waals surface area (Å²) in [7, 11) is 0. The van der Waals surface area contributed by atoms with Gasteiger partial charge >= 0.3 is 12.6 Å². The van der Waals surface area contributed by atoms with Crippen LogP contribution in [0.5, 0.6) is 5.75 Å². The maximum absolute atomic E-state index is 12.0. The molecule has 1 amide bonds. The number of rotatable bonds is 5. The summed E-state index contributed by atoms with van der Waals surface area (Å²) in [5, 5.41) is 10.4. The van der Waals surface area contributed by atoms with Crippen molar-refractivity contribution in [3.05, 3.63) is 15.8 Å².